The maximum atomic E-state index is 12.0. The van der Waals surface area contributed by atoms with E-state index >= 15 is 0 Å². The van der Waals surface area contributed by atoms with E-state index in [0.29, 0.717) is 6.54 Å². The van der Waals surface area contributed by atoms with E-state index in [9.17, 15) is 4.79 Å². The number of hydrogen-bond acceptors (Lipinski definition) is 3. The van der Waals surface area contributed by atoms with Gasteiger partial charge in [0, 0.05) is 44.1 Å². The van der Waals surface area contributed by atoms with Gasteiger partial charge < -0.3 is 24.9 Å². The lowest BCUT2D eigenvalue weighted by Crippen LogP contribution is -2.37. The van der Waals surface area contributed by atoms with Crippen molar-refractivity contribution in [2.45, 2.75) is 19.5 Å². The molecule has 2 aromatic heterocycles. The van der Waals surface area contributed by atoms with Crippen LogP contribution in [-0.4, -0.2) is 30.0 Å². The van der Waals surface area contributed by atoms with Crippen LogP contribution in [0.25, 0.3) is 10.9 Å². The second-order valence-electron chi connectivity index (χ2n) is 7.40. The molecule has 2 heterocycles. The van der Waals surface area contributed by atoms with Gasteiger partial charge in [-0.3, -0.25) is 9.79 Å². The number of aliphatic imine (C=N–C) groups is 1. The topological polar surface area (TPSA) is 83.6 Å². The van der Waals surface area contributed by atoms with E-state index in [1.54, 1.807) is 19.2 Å². The van der Waals surface area contributed by atoms with Gasteiger partial charge in [0.1, 0.15) is 0 Å². The Kier molecular flexibility index (Phi) is 6.87. The summed E-state index contributed by atoms with van der Waals surface area (Å²) in [7, 11) is 1.77. The Labute approximate surface area is 187 Å². The Hall–Kier alpha value is -4.00. The van der Waals surface area contributed by atoms with Gasteiger partial charge in [-0.1, -0.05) is 30.3 Å². The molecule has 0 spiro atoms. The Morgan fingerprint density at radius 1 is 1.00 bits per heavy atom. The summed E-state index contributed by atoms with van der Waals surface area (Å²) in [5, 5.41) is 10.8. The highest BCUT2D eigenvalue weighted by Gasteiger charge is 2.08. The van der Waals surface area contributed by atoms with Crippen molar-refractivity contribution in [3.63, 3.8) is 0 Å². The predicted octanol–water partition coefficient (Wildman–Crippen LogP) is 4.24. The molecule has 4 rings (SSSR count). The summed E-state index contributed by atoms with van der Waals surface area (Å²) in [5.41, 5.74) is 3.07. The highest BCUT2D eigenvalue weighted by molar-refractivity contribution is 6.02. The smallest absolute Gasteiger partial charge is 0.291 e. The van der Waals surface area contributed by atoms with E-state index in [2.05, 4.69) is 62.0 Å². The minimum Gasteiger partial charge on any atom is -0.459 e. The summed E-state index contributed by atoms with van der Waals surface area (Å²) in [4.78, 5) is 16.3. The molecule has 0 saturated heterocycles. The molecule has 0 atom stereocenters. The summed E-state index contributed by atoms with van der Waals surface area (Å²) >= 11 is 0. The van der Waals surface area contributed by atoms with Gasteiger partial charge in [-0.15, -0.1) is 0 Å². The van der Waals surface area contributed by atoms with Gasteiger partial charge in [-0.05, 0) is 53.8 Å². The maximum Gasteiger partial charge on any atom is 0.291 e. The molecule has 0 bridgehead atoms. The van der Waals surface area contributed by atoms with Gasteiger partial charge in [-0.25, -0.2) is 0 Å². The van der Waals surface area contributed by atoms with Crippen LogP contribution in [0.4, 0.5) is 5.69 Å². The molecule has 0 radical (unpaired) electrons. The van der Waals surface area contributed by atoms with E-state index in [1.807, 2.05) is 24.3 Å². The number of carbonyl (C=O) groups is 1. The van der Waals surface area contributed by atoms with E-state index in [4.69, 9.17) is 4.42 Å². The van der Waals surface area contributed by atoms with Crippen LogP contribution in [-0.2, 0) is 13.1 Å². The first kappa shape index (κ1) is 21.2. The number of nitrogens with zero attached hydrogens (tertiary/aromatic N) is 2. The summed E-state index contributed by atoms with van der Waals surface area (Å²) < 4.78 is 7.38. The highest BCUT2D eigenvalue weighted by Crippen LogP contribution is 2.15. The van der Waals surface area contributed by atoms with E-state index in [-0.39, 0.29) is 11.7 Å². The standard InChI is InChI=1S/C25H27N5O2/c1-26-25(27-14-5-15-30-16-13-20-6-2-3-7-22(20)30)28-18-19-9-11-21(12-10-19)29-24(31)23-8-4-17-32-23/h2-4,6-13,16-17H,5,14-15,18H2,1H3,(H,29,31)(H2,26,27,28). The van der Waals surface area contributed by atoms with E-state index < -0.39 is 0 Å². The SMILES string of the molecule is CN=C(NCCCn1ccc2ccccc21)NCc1ccc(NC(=O)c2ccco2)cc1. The summed E-state index contributed by atoms with van der Waals surface area (Å²) in [5.74, 6) is 0.784. The Balaban J connectivity index is 1.20. The zero-order valence-electron chi connectivity index (χ0n) is 18.0. The quantitative estimate of drug-likeness (QED) is 0.222. The number of benzene rings is 2. The van der Waals surface area contributed by atoms with Crippen molar-refractivity contribution in [3.8, 4) is 0 Å². The fourth-order valence-corrected chi connectivity index (χ4v) is 3.50. The monoisotopic (exact) mass is 429 g/mol. The number of para-hydroxylation sites is 1. The zero-order chi connectivity index (χ0) is 22.2. The van der Waals surface area contributed by atoms with Gasteiger partial charge in [0.25, 0.3) is 5.91 Å². The Bertz CT molecular complexity index is 1180. The summed E-state index contributed by atoms with van der Waals surface area (Å²) in [6.07, 6.45) is 4.61. The lowest BCUT2D eigenvalue weighted by molar-refractivity contribution is 0.0996. The molecule has 4 aromatic rings. The number of carbonyl (C=O) groups excluding carboxylic acids is 1. The summed E-state index contributed by atoms with van der Waals surface area (Å²) in [6.45, 7) is 2.40. The Morgan fingerprint density at radius 2 is 1.84 bits per heavy atom. The molecule has 0 fully saturated rings. The lowest BCUT2D eigenvalue weighted by atomic mass is 10.2. The van der Waals surface area contributed by atoms with Crippen molar-refractivity contribution < 1.29 is 9.21 Å². The first-order valence-electron chi connectivity index (χ1n) is 10.6. The average Bonchev–Trinajstić information content (AvgIpc) is 3.50. The fraction of sp³-hybridized carbons (Fsp3) is 0.200. The minimum absolute atomic E-state index is 0.265. The van der Waals surface area contributed by atoms with Crippen LogP contribution in [0.3, 0.4) is 0 Å². The number of aromatic nitrogens is 1. The fourth-order valence-electron chi connectivity index (χ4n) is 3.50. The van der Waals surface area contributed by atoms with Crippen molar-refractivity contribution in [1.29, 1.82) is 0 Å². The molecule has 7 heteroatoms. The molecule has 164 valence electrons. The molecule has 0 aliphatic rings. The number of rotatable bonds is 8. The molecule has 7 nitrogen and oxygen atoms in total. The second kappa shape index (κ2) is 10.3. The minimum atomic E-state index is -0.265. The van der Waals surface area contributed by atoms with Crippen LogP contribution in [0, 0.1) is 0 Å². The lowest BCUT2D eigenvalue weighted by Gasteiger charge is -2.13. The van der Waals surface area contributed by atoms with Crippen LogP contribution < -0.4 is 16.0 Å². The predicted molar refractivity (Wildman–Crippen MR) is 128 cm³/mol. The van der Waals surface area contributed by atoms with Crippen molar-refractivity contribution in [3.05, 3.63) is 90.5 Å². The second-order valence-corrected chi connectivity index (χ2v) is 7.40. The normalized spacial score (nSPS) is 11.5. The maximum absolute atomic E-state index is 12.0. The number of furan rings is 1. The molecule has 0 unspecified atom stereocenters. The number of aryl methyl sites for hydroxylation is 1. The molecule has 3 N–H and O–H groups in total. The van der Waals surface area contributed by atoms with Crippen molar-refractivity contribution in [2.24, 2.45) is 4.99 Å². The van der Waals surface area contributed by atoms with E-state index in [0.717, 1.165) is 36.7 Å². The third-order valence-electron chi connectivity index (χ3n) is 5.19. The molecule has 0 saturated carbocycles. The van der Waals surface area contributed by atoms with E-state index in [1.165, 1.54) is 17.2 Å². The largest absolute Gasteiger partial charge is 0.459 e. The summed E-state index contributed by atoms with van der Waals surface area (Å²) in [6, 6.07) is 21.6. The molecule has 0 aliphatic heterocycles. The van der Waals surface area contributed by atoms with Crippen LogP contribution in [0.2, 0.25) is 0 Å². The number of anilines is 1. The average molecular weight is 430 g/mol. The number of fused-ring (bicyclic) bond motifs is 1. The van der Waals surface area contributed by atoms with Crippen LogP contribution >= 0.6 is 0 Å². The number of guanidine groups is 1. The third kappa shape index (κ3) is 5.37. The third-order valence-corrected chi connectivity index (χ3v) is 5.19. The van der Waals surface area contributed by atoms with Gasteiger partial charge >= 0.3 is 0 Å². The number of hydrogen-bond donors (Lipinski definition) is 3. The molecule has 1 amide bonds. The molecule has 2 aromatic carbocycles. The van der Waals surface area contributed by atoms with Gasteiger partial charge in [-0.2, -0.15) is 0 Å². The van der Waals surface area contributed by atoms with Crippen LogP contribution in [0.1, 0.15) is 22.5 Å². The number of nitrogens with one attached hydrogen (secondary N) is 3. The molecular formula is C25H27N5O2. The van der Waals surface area contributed by atoms with Gasteiger partial charge in [0.2, 0.25) is 0 Å². The van der Waals surface area contributed by atoms with Crippen molar-refractivity contribution in [2.75, 3.05) is 18.9 Å². The molecular weight excluding hydrogens is 402 g/mol. The van der Waals surface area contributed by atoms with Crippen LogP contribution in [0.5, 0.6) is 0 Å². The number of amides is 1. The first-order chi connectivity index (χ1) is 15.7. The Morgan fingerprint density at radius 3 is 2.62 bits per heavy atom. The molecule has 32 heavy (non-hydrogen) atoms. The van der Waals surface area contributed by atoms with Crippen LogP contribution in [0.15, 0.2) is 88.6 Å². The molecule has 0 aliphatic carbocycles. The van der Waals surface area contributed by atoms with Gasteiger partial charge in [0.15, 0.2) is 11.7 Å². The zero-order valence-corrected chi connectivity index (χ0v) is 18.0. The first-order valence-corrected chi connectivity index (χ1v) is 10.6. The van der Waals surface area contributed by atoms with Crippen molar-refractivity contribution in [1.82, 2.24) is 15.2 Å². The highest BCUT2D eigenvalue weighted by atomic mass is 16.3. The van der Waals surface area contributed by atoms with Gasteiger partial charge in [0.05, 0.1) is 6.26 Å². The van der Waals surface area contributed by atoms with Crippen molar-refractivity contribution >= 4 is 28.5 Å².